The highest BCUT2D eigenvalue weighted by molar-refractivity contribution is 6.06. The third-order valence-electron chi connectivity index (χ3n) is 4.28. The third kappa shape index (κ3) is 1.88. The van der Waals surface area contributed by atoms with Gasteiger partial charge >= 0.3 is 0 Å². The van der Waals surface area contributed by atoms with Crippen LogP contribution >= 0.6 is 0 Å². The summed E-state index contributed by atoms with van der Waals surface area (Å²) in [6, 6.07) is -0.352. The van der Waals surface area contributed by atoms with Gasteiger partial charge in [-0.3, -0.25) is 14.5 Å². The molecule has 0 radical (unpaired) electrons. The van der Waals surface area contributed by atoms with E-state index in [9.17, 15) is 14.7 Å². The fourth-order valence-electron chi connectivity index (χ4n) is 3.19. The summed E-state index contributed by atoms with van der Waals surface area (Å²) in [5.41, 5.74) is -0.417. The van der Waals surface area contributed by atoms with E-state index in [1.807, 2.05) is 13.8 Å². The molecule has 1 saturated heterocycles. The molecular formula is C13H21NO3. The molecule has 1 aliphatic carbocycles. The normalized spacial score (nSPS) is 25.3. The van der Waals surface area contributed by atoms with Gasteiger partial charge in [0.15, 0.2) is 0 Å². The number of nitrogens with zero attached hydrogens (tertiary/aromatic N) is 1. The van der Waals surface area contributed by atoms with Crippen molar-refractivity contribution in [1.82, 2.24) is 4.90 Å². The standard InChI is InChI=1S/C13H21NO3/c1-9(2)10(8-15)14-11(16)7-13(12(14)17)5-3-4-6-13/h9-10,15H,3-8H2,1-2H3. The van der Waals surface area contributed by atoms with Crippen molar-refractivity contribution >= 4 is 11.8 Å². The molecular weight excluding hydrogens is 218 g/mol. The van der Waals surface area contributed by atoms with Gasteiger partial charge in [-0.25, -0.2) is 0 Å². The number of aliphatic hydroxyl groups excluding tert-OH is 1. The predicted octanol–water partition coefficient (Wildman–Crippen LogP) is 1.32. The zero-order chi connectivity index (χ0) is 12.6. The lowest BCUT2D eigenvalue weighted by molar-refractivity contribution is -0.146. The maximum absolute atomic E-state index is 12.4. The Bertz CT molecular complexity index is 332. The van der Waals surface area contributed by atoms with Crippen molar-refractivity contribution in [3.63, 3.8) is 0 Å². The van der Waals surface area contributed by atoms with Crippen molar-refractivity contribution in [1.29, 1.82) is 0 Å². The van der Waals surface area contributed by atoms with Crippen molar-refractivity contribution in [2.75, 3.05) is 6.61 Å². The molecule has 96 valence electrons. The third-order valence-corrected chi connectivity index (χ3v) is 4.28. The van der Waals surface area contributed by atoms with E-state index in [2.05, 4.69) is 0 Å². The molecule has 0 aromatic rings. The number of aliphatic hydroxyl groups is 1. The van der Waals surface area contributed by atoms with Crippen LogP contribution < -0.4 is 0 Å². The molecule has 1 heterocycles. The van der Waals surface area contributed by atoms with Crippen LogP contribution in [0.2, 0.25) is 0 Å². The molecule has 2 aliphatic rings. The lowest BCUT2D eigenvalue weighted by Crippen LogP contribution is -2.46. The molecule has 0 bridgehead atoms. The van der Waals surface area contributed by atoms with Crippen LogP contribution in [-0.2, 0) is 9.59 Å². The van der Waals surface area contributed by atoms with E-state index in [1.165, 1.54) is 4.90 Å². The summed E-state index contributed by atoms with van der Waals surface area (Å²) in [5.74, 6) is -0.0261. The van der Waals surface area contributed by atoms with E-state index in [4.69, 9.17) is 0 Å². The number of hydrogen-bond acceptors (Lipinski definition) is 3. The maximum atomic E-state index is 12.4. The number of hydrogen-bond donors (Lipinski definition) is 1. The largest absolute Gasteiger partial charge is 0.394 e. The molecule has 1 atom stereocenters. The first-order valence-corrected chi connectivity index (χ1v) is 6.49. The van der Waals surface area contributed by atoms with Crippen molar-refractivity contribution in [2.45, 2.75) is 52.0 Å². The van der Waals surface area contributed by atoms with E-state index >= 15 is 0 Å². The summed E-state index contributed by atoms with van der Waals surface area (Å²) < 4.78 is 0. The summed E-state index contributed by atoms with van der Waals surface area (Å²) in [6.45, 7) is 3.73. The second-order valence-electron chi connectivity index (χ2n) is 5.73. The van der Waals surface area contributed by atoms with Crippen LogP contribution in [0.3, 0.4) is 0 Å². The van der Waals surface area contributed by atoms with Gasteiger partial charge in [-0.05, 0) is 18.8 Å². The van der Waals surface area contributed by atoms with E-state index in [1.54, 1.807) is 0 Å². The molecule has 4 heteroatoms. The fourth-order valence-corrected chi connectivity index (χ4v) is 3.19. The Balaban J connectivity index is 2.24. The molecule has 1 spiro atoms. The van der Waals surface area contributed by atoms with Gasteiger partial charge in [-0.2, -0.15) is 0 Å². The number of likely N-dealkylation sites (tertiary alicyclic amines) is 1. The minimum Gasteiger partial charge on any atom is -0.394 e. The Kier molecular flexibility index (Phi) is 3.25. The van der Waals surface area contributed by atoms with Crippen LogP contribution in [0.1, 0.15) is 46.0 Å². The number of carbonyl (C=O) groups is 2. The quantitative estimate of drug-likeness (QED) is 0.756. The summed E-state index contributed by atoms with van der Waals surface area (Å²) in [6.07, 6.45) is 4.11. The number of carbonyl (C=O) groups excluding carboxylic acids is 2. The Morgan fingerprint density at radius 2 is 1.88 bits per heavy atom. The number of amides is 2. The highest BCUT2D eigenvalue weighted by Crippen LogP contribution is 2.47. The van der Waals surface area contributed by atoms with Crippen molar-refractivity contribution in [2.24, 2.45) is 11.3 Å². The maximum Gasteiger partial charge on any atom is 0.236 e. The van der Waals surface area contributed by atoms with E-state index < -0.39 is 5.41 Å². The van der Waals surface area contributed by atoms with Gasteiger partial charge in [0.2, 0.25) is 11.8 Å². The van der Waals surface area contributed by atoms with E-state index in [0.717, 1.165) is 25.7 Å². The molecule has 1 aliphatic heterocycles. The SMILES string of the molecule is CC(C)C(CO)N1C(=O)CC2(CCCC2)C1=O. The van der Waals surface area contributed by atoms with Crippen LogP contribution in [0.4, 0.5) is 0 Å². The Morgan fingerprint density at radius 1 is 1.29 bits per heavy atom. The molecule has 2 amide bonds. The lowest BCUT2D eigenvalue weighted by Gasteiger charge is -2.29. The van der Waals surface area contributed by atoms with Crippen LogP contribution in [0.5, 0.6) is 0 Å². The molecule has 2 rings (SSSR count). The first kappa shape index (κ1) is 12.6. The fraction of sp³-hybridized carbons (Fsp3) is 0.846. The average molecular weight is 239 g/mol. The van der Waals surface area contributed by atoms with Gasteiger partial charge in [0.1, 0.15) is 0 Å². The Hall–Kier alpha value is -0.900. The zero-order valence-electron chi connectivity index (χ0n) is 10.6. The van der Waals surface area contributed by atoms with Gasteiger partial charge in [0.05, 0.1) is 18.1 Å². The second-order valence-corrected chi connectivity index (χ2v) is 5.73. The van der Waals surface area contributed by atoms with Gasteiger partial charge in [-0.1, -0.05) is 26.7 Å². The minimum absolute atomic E-state index is 0.0345. The molecule has 0 aromatic heterocycles. The topological polar surface area (TPSA) is 57.6 Å². The first-order chi connectivity index (χ1) is 8.02. The molecule has 4 nitrogen and oxygen atoms in total. The molecule has 2 fully saturated rings. The van der Waals surface area contributed by atoms with Crippen molar-refractivity contribution < 1.29 is 14.7 Å². The van der Waals surface area contributed by atoms with Gasteiger partial charge < -0.3 is 5.11 Å². The van der Waals surface area contributed by atoms with Gasteiger partial charge in [-0.15, -0.1) is 0 Å². The van der Waals surface area contributed by atoms with E-state index in [-0.39, 0.29) is 30.4 Å². The van der Waals surface area contributed by atoms with Crippen LogP contribution in [-0.4, -0.2) is 34.5 Å². The zero-order valence-corrected chi connectivity index (χ0v) is 10.6. The minimum atomic E-state index is -0.417. The van der Waals surface area contributed by atoms with Gasteiger partial charge in [0.25, 0.3) is 0 Å². The highest BCUT2D eigenvalue weighted by atomic mass is 16.3. The van der Waals surface area contributed by atoms with Crippen molar-refractivity contribution in [3.8, 4) is 0 Å². The summed E-state index contributed by atoms with van der Waals surface area (Å²) >= 11 is 0. The van der Waals surface area contributed by atoms with Crippen LogP contribution in [0.25, 0.3) is 0 Å². The summed E-state index contributed by atoms with van der Waals surface area (Å²) in [4.78, 5) is 25.8. The Labute approximate surface area is 102 Å². The van der Waals surface area contributed by atoms with Crippen LogP contribution in [0.15, 0.2) is 0 Å². The molecule has 1 N–H and O–H groups in total. The second kappa shape index (κ2) is 4.41. The van der Waals surface area contributed by atoms with Gasteiger partial charge in [0, 0.05) is 6.42 Å². The molecule has 1 saturated carbocycles. The van der Waals surface area contributed by atoms with Crippen molar-refractivity contribution in [3.05, 3.63) is 0 Å². The molecule has 1 unspecified atom stereocenters. The lowest BCUT2D eigenvalue weighted by atomic mass is 9.84. The van der Waals surface area contributed by atoms with Crippen LogP contribution in [0, 0.1) is 11.3 Å². The summed E-state index contributed by atoms with van der Waals surface area (Å²) in [7, 11) is 0. The number of imide groups is 1. The summed E-state index contributed by atoms with van der Waals surface area (Å²) in [5, 5.41) is 9.38. The molecule has 17 heavy (non-hydrogen) atoms. The predicted molar refractivity (Wildman–Crippen MR) is 63.1 cm³/mol. The monoisotopic (exact) mass is 239 g/mol. The highest BCUT2D eigenvalue weighted by Gasteiger charge is 2.54. The molecule has 0 aromatic carbocycles. The first-order valence-electron chi connectivity index (χ1n) is 6.49. The Morgan fingerprint density at radius 3 is 2.35 bits per heavy atom. The smallest absolute Gasteiger partial charge is 0.236 e. The van der Waals surface area contributed by atoms with E-state index in [0.29, 0.717) is 6.42 Å². The number of rotatable bonds is 3. The average Bonchev–Trinajstić information content (AvgIpc) is 2.81.